The number of ketones is 1. The molecule has 3 nitrogen and oxygen atoms in total. The molecule has 1 aliphatic rings. The Balaban J connectivity index is 1.76. The molecule has 3 rings (SSSR count). The average Bonchev–Trinajstić information content (AvgIpc) is 3.28. The van der Waals surface area contributed by atoms with Gasteiger partial charge in [0, 0.05) is 24.2 Å². The molecule has 96 valence electrons. The Kier molecular flexibility index (Phi) is 3.13. The van der Waals surface area contributed by atoms with E-state index in [1.165, 1.54) is 5.56 Å². The first-order valence-electron chi connectivity index (χ1n) is 6.53. The van der Waals surface area contributed by atoms with Crippen molar-refractivity contribution in [2.45, 2.75) is 18.9 Å². The molecule has 2 atom stereocenters. The lowest BCUT2D eigenvalue weighted by Gasteiger charge is -2.03. The lowest BCUT2D eigenvalue weighted by Crippen LogP contribution is -2.06. The van der Waals surface area contributed by atoms with Gasteiger partial charge < -0.3 is 5.73 Å². The van der Waals surface area contributed by atoms with Crippen molar-refractivity contribution < 1.29 is 4.79 Å². The van der Waals surface area contributed by atoms with Gasteiger partial charge in [-0.1, -0.05) is 30.3 Å². The predicted octanol–water partition coefficient (Wildman–Crippen LogP) is 2.53. The Bertz CT molecular complexity index is 595. The molecule has 0 bridgehead atoms. The van der Waals surface area contributed by atoms with Crippen LogP contribution in [0.2, 0.25) is 0 Å². The molecule has 0 spiro atoms. The van der Waals surface area contributed by atoms with E-state index in [-0.39, 0.29) is 11.7 Å². The van der Waals surface area contributed by atoms with Crippen LogP contribution >= 0.6 is 0 Å². The monoisotopic (exact) mass is 252 g/mol. The van der Waals surface area contributed by atoms with Crippen LogP contribution in [-0.4, -0.2) is 10.8 Å². The number of carbonyl (C=O) groups is 1. The molecule has 0 saturated heterocycles. The maximum Gasteiger partial charge on any atom is 0.166 e. The van der Waals surface area contributed by atoms with E-state index in [1.807, 2.05) is 24.3 Å². The summed E-state index contributed by atoms with van der Waals surface area (Å²) in [6, 6.07) is 13.8. The summed E-state index contributed by atoms with van der Waals surface area (Å²) in [4.78, 5) is 16.5. The van der Waals surface area contributed by atoms with Gasteiger partial charge in [-0.2, -0.15) is 0 Å². The Morgan fingerprint density at radius 2 is 2.05 bits per heavy atom. The van der Waals surface area contributed by atoms with Gasteiger partial charge in [0.15, 0.2) is 5.78 Å². The summed E-state index contributed by atoms with van der Waals surface area (Å²) in [5, 5.41) is 0. The van der Waals surface area contributed by atoms with E-state index >= 15 is 0 Å². The standard InChI is InChI=1S/C16H16N2O/c17-10-13-8-12(6-7-18-13)16(19)15-9-14(15)11-4-2-1-3-5-11/h1-8,14-15H,9-10,17H2. The van der Waals surface area contributed by atoms with Gasteiger partial charge in [0.25, 0.3) is 0 Å². The van der Waals surface area contributed by atoms with Gasteiger partial charge in [0.1, 0.15) is 0 Å². The summed E-state index contributed by atoms with van der Waals surface area (Å²) in [6.45, 7) is 0.369. The van der Waals surface area contributed by atoms with Crippen molar-refractivity contribution in [1.29, 1.82) is 0 Å². The molecular weight excluding hydrogens is 236 g/mol. The first-order chi connectivity index (χ1) is 9.29. The largest absolute Gasteiger partial charge is 0.325 e. The third-order valence-corrected chi connectivity index (χ3v) is 3.67. The summed E-state index contributed by atoms with van der Waals surface area (Å²) >= 11 is 0. The molecule has 1 aromatic carbocycles. The van der Waals surface area contributed by atoms with Crippen LogP contribution in [0.25, 0.3) is 0 Å². The van der Waals surface area contributed by atoms with E-state index in [9.17, 15) is 4.79 Å². The summed E-state index contributed by atoms with van der Waals surface area (Å²) in [7, 11) is 0. The maximum atomic E-state index is 12.4. The molecule has 2 unspecified atom stereocenters. The third-order valence-electron chi connectivity index (χ3n) is 3.67. The van der Waals surface area contributed by atoms with Gasteiger partial charge in [0.05, 0.1) is 5.69 Å². The lowest BCUT2D eigenvalue weighted by molar-refractivity contribution is 0.0965. The van der Waals surface area contributed by atoms with Crippen LogP contribution < -0.4 is 5.73 Å². The van der Waals surface area contributed by atoms with Gasteiger partial charge in [-0.25, -0.2) is 0 Å². The summed E-state index contributed by atoms with van der Waals surface area (Å²) in [5.41, 5.74) is 8.31. The van der Waals surface area contributed by atoms with E-state index in [4.69, 9.17) is 5.73 Å². The van der Waals surface area contributed by atoms with Crippen LogP contribution in [0, 0.1) is 5.92 Å². The molecule has 19 heavy (non-hydrogen) atoms. The molecule has 2 aromatic rings. The molecule has 1 aromatic heterocycles. The summed E-state index contributed by atoms with van der Waals surface area (Å²) in [6.07, 6.45) is 2.61. The molecule has 0 radical (unpaired) electrons. The van der Waals surface area contributed by atoms with Crippen molar-refractivity contribution in [2.75, 3.05) is 0 Å². The molecule has 3 heteroatoms. The van der Waals surface area contributed by atoms with Crippen molar-refractivity contribution >= 4 is 5.78 Å². The second-order valence-corrected chi connectivity index (χ2v) is 4.96. The van der Waals surface area contributed by atoms with Gasteiger partial charge in [-0.05, 0) is 30.0 Å². The smallest absolute Gasteiger partial charge is 0.166 e. The van der Waals surface area contributed by atoms with Crippen LogP contribution in [0.1, 0.15) is 34.0 Å². The first kappa shape index (κ1) is 12.1. The number of Topliss-reactive ketones (excluding diaryl/α,β-unsaturated/α-hetero) is 1. The lowest BCUT2D eigenvalue weighted by atomic mass is 10.0. The van der Waals surface area contributed by atoms with E-state index in [2.05, 4.69) is 17.1 Å². The molecule has 0 amide bonds. The maximum absolute atomic E-state index is 12.4. The zero-order chi connectivity index (χ0) is 13.2. The minimum Gasteiger partial charge on any atom is -0.325 e. The number of carbonyl (C=O) groups excluding carboxylic acids is 1. The van der Waals surface area contributed by atoms with Crippen molar-refractivity contribution in [3.63, 3.8) is 0 Å². The predicted molar refractivity (Wildman–Crippen MR) is 73.7 cm³/mol. The topological polar surface area (TPSA) is 56.0 Å². The van der Waals surface area contributed by atoms with E-state index in [0.29, 0.717) is 12.5 Å². The average molecular weight is 252 g/mol. The normalized spacial score (nSPS) is 21.1. The zero-order valence-corrected chi connectivity index (χ0v) is 10.6. The van der Waals surface area contributed by atoms with Crippen LogP contribution in [0.3, 0.4) is 0 Å². The van der Waals surface area contributed by atoms with Gasteiger partial charge in [-0.15, -0.1) is 0 Å². The van der Waals surface area contributed by atoms with Crippen molar-refractivity contribution in [1.82, 2.24) is 4.98 Å². The number of rotatable bonds is 4. The van der Waals surface area contributed by atoms with Crippen LogP contribution in [0.5, 0.6) is 0 Å². The fourth-order valence-electron chi connectivity index (χ4n) is 2.51. The molecular formula is C16H16N2O. The summed E-state index contributed by atoms with van der Waals surface area (Å²) in [5.74, 6) is 0.713. The van der Waals surface area contributed by atoms with Crippen LogP contribution in [-0.2, 0) is 6.54 Å². The minimum absolute atomic E-state index is 0.121. The van der Waals surface area contributed by atoms with Crippen molar-refractivity contribution in [3.8, 4) is 0 Å². The molecule has 1 heterocycles. The number of nitrogens with two attached hydrogens (primary N) is 1. The number of hydrogen-bond donors (Lipinski definition) is 1. The number of nitrogens with zero attached hydrogens (tertiary/aromatic N) is 1. The third kappa shape index (κ3) is 2.42. The Morgan fingerprint density at radius 1 is 1.26 bits per heavy atom. The second-order valence-electron chi connectivity index (χ2n) is 4.96. The number of pyridine rings is 1. The van der Waals surface area contributed by atoms with E-state index < -0.39 is 0 Å². The quantitative estimate of drug-likeness (QED) is 0.851. The number of aromatic nitrogens is 1. The molecule has 1 saturated carbocycles. The summed E-state index contributed by atoms with van der Waals surface area (Å²) < 4.78 is 0. The Labute approximate surface area is 112 Å². The highest BCUT2D eigenvalue weighted by Crippen LogP contribution is 2.49. The molecule has 2 N–H and O–H groups in total. The highest BCUT2D eigenvalue weighted by molar-refractivity contribution is 6.00. The SMILES string of the molecule is NCc1cc(C(=O)C2CC2c2ccccc2)ccn1. The zero-order valence-electron chi connectivity index (χ0n) is 10.6. The van der Waals surface area contributed by atoms with Crippen molar-refractivity contribution in [2.24, 2.45) is 11.7 Å². The second kappa shape index (κ2) is 4.94. The van der Waals surface area contributed by atoms with Crippen molar-refractivity contribution in [3.05, 3.63) is 65.5 Å². The highest BCUT2D eigenvalue weighted by Gasteiger charge is 2.43. The molecule has 1 fully saturated rings. The van der Waals surface area contributed by atoms with Gasteiger partial charge in [-0.3, -0.25) is 9.78 Å². The molecule has 0 aliphatic heterocycles. The fraction of sp³-hybridized carbons (Fsp3) is 0.250. The minimum atomic E-state index is 0.121. The number of benzene rings is 1. The number of hydrogen-bond acceptors (Lipinski definition) is 3. The van der Waals surface area contributed by atoms with E-state index in [0.717, 1.165) is 17.7 Å². The fourth-order valence-corrected chi connectivity index (χ4v) is 2.51. The van der Waals surface area contributed by atoms with Crippen LogP contribution in [0.15, 0.2) is 48.7 Å². The van der Waals surface area contributed by atoms with Crippen LogP contribution in [0.4, 0.5) is 0 Å². The molecule has 1 aliphatic carbocycles. The first-order valence-corrected chi connectivity index (χ1v) is 6.53. The highest BCUT2D eigenvalue weighted by atomic mass is 16.1. The van der Waals surface area contributed by atoms with Gasteiger partial charge >= 0.3 is 0 Å². The van der Waals surface area contributed by atoms with E-state index in [1.54, 1.807) is 12.3 Å². The Hall–Kier alpha value is -2.00. The van der Waals surface area contributed by atoms with Gasteiger partial charge in [0.2, 0.25) is 0 Å². The Morgan fingerprint density at radius 3 is 2.79 bits per heavy atom.